The maximum atomic E-state index is 13.8. The number of halogens is 3. The van der Waals surface area contributed by atoms with E-state index in [9.17, 15) is 18.0 Å². The number of hydrogen-bond acceptors (Lipinski definition) is 3. The van der Waals surface area contributed by atoms with Crippen molar-refractivity contribution < 1.29 is 18.0 Å². The Labute approximate surface area is 175 Å². The molecule has 1 aliphatic rings. The number of aryl methyl sites for hydroxylation is 1. The van der Waals surface area contributed by atoms with Gasteiger partial charge in [0.25, 0.3) is 5.91 Å². The summed E-state index contributed by atoms with van der Waals surface area (Å²) < 4.78 is 42.2. The van der Waals surface area contributed by atoms with E-state index in [0.717, 1.165) is 61.6 Å². The summed E-state index contributed by atoms with van der Waals surface area (Å²) in [5.74, 6) is -0.735. The third-order valence-electron chi connectivity index (χ3n) is 5.61. The molecule has 0 bridgehead atoms. The second-order valence-corrected chi connectivity index (χ2v) is 7.90. The number of aromatic nitrogens is 2. The number of carbonyl (C=O) groups excluding carboxylic acids is 1. The molecule has 1 amide bonds. The van der Waals surface area contributed by atoms with Crippen molar-refractivity contribution >= 4 is 5.91 Å². The van der Waals surface area contributed by atoms with Crippen molar-refractivity contribution in [2.24, 2.45) is 0 Å². The van der Waals surface area contributed by atoms with Crippen LogP contribution in [0.5, 0.6) is 0 Å². The highest BCUT2D eigenvalue weighted by atomic mass is 19.4. The monoisotopic (exact) mass is 422 g/mol. The molecule has 1 N–H and O–H groups in total. The molecule has 0 spiro atoms. The fraction of sp³-hybridized carbons (Fsp3) is 0.545. The van der Waals surface area contributed by atoms with Gasteiger partial charge in [0, 0.05) is 12.6 Å². The predicted octanol–water partition coefficient (Wildman–Crippen LogP) is 4.58. The zero-order valence-corrected chi connectivity index (χ0v) is 17.5. The molecule has 164 valence electrons. The van der Waals surface area contributed by atoms with E-state index in [1.807, 2.05) is 6.92 Å². The van der Waals surface area contributed by atoms with Gasteiger partial charge in [-0.05, 0) is 51.4 Å². The van der Waals surface area contributed by atoms with E-state index in [2.05, 4.69) is 22.2 Å². The number of benzene rings is 1. The summed E-state index contributed by atoms with van der Waals surface area (Å²) in [6.07, 6.45) is 1.60. The first-order chi connectivity index (χ1) is 14.3. The first kappa shape index (κ1) is 22.3. The van der Waals surface area contributed by atoms with E-state index < -0.39 is 23.3 Å². The molecule has 1 aromatic heterocycles. The van der Waals surface area contributed by atoms with Crippen LogP contribution in [0.1, 0.15) is 60.6 Å². The highest BCUT2D eigenvalue weighted by molar-refractivity contribution is 5.95. The van der Waals surface area contributed by atoms with Gasteiger partial charge in [-0.3, -0.25) is 9.69 Å². The average Bonchev–Trinajstić information content (AvgIpc) is 3.17. The minimum atomic E-state index is -4.70. The number of carbonyl (C=O) groups is 1. The van der Waals surface area contributed by atoms with Crippen LogP contribution in [0.4, 0.5) is 13.2 Å². The van der Waals surface area contributed by atoms with E-state index in [4.69, 9.17) is 0 Å². The summed E-state index contributed by atoms with van der Waals surface area (Å²) >= 11 is 0. The highest BCUT2D eigenvalue weighted by Crippen LogP contribution is 2.33. The maximum Gasteiger partial charge on any atom is 0.434 e. The molecular weight excluding hydrogens is 393 g/mol. The smallest absolute Gasteiger partial charge is 0.350 e. The van der Waals surface area contributed by atoms with Crippen molar-refractivity contribution in [2.75, 3.05) is 19.6 Å². The molecule has 1 unspecified atom stereocenters. The Morgan fingerprint density at radius 1 is 1.23 bits per heavy atom. The van der Waals surface area contributed by atoms with Gasteiger partial charge < -0.3 is 5.32 Å². The van der Waals surface area contributed by atoms with Gasteiger partial charge in [0.1, 0.15) is 0 Å². The van der Waals surface area contributed by atoms with E-state index in [0.29, 0.717) is 6.54 Å². The number of piperidine rings is 1. The normalized spacial score (nSPS) is 17.8. The minimum absolute atomic E-state index is 0.163. The van der Waals surface area contributed by atoms with Gasteiger partial charge >= 0.3 is 6.18 Å². The lowest BCUT2D eigenvalue weighted by molar-refractivity contribution is -0.143. The summed E-state index contributed by atoms with van der Waals surface area (Å²) in [5.41, 5.74) is -0.295. The van der Waals surface area contributed by atoms with Crippen LogP contribution in [-0.2, 0) is 6.18 Å². The lowest BCUT2D eigenvalue weighted by Gasteiger charge is -2.35. The molecule has 1 saturated heterocycles. The Balaban J connectivity index is 1.78. The molecular formula is C22H29F3N4O. The third kappa shape index (κ3) is 5.22. The molecule has 5 nitrogen and oxygen atoms in total. The van der Waals surface area contributed by atoms with Gasteiger partial charge in [0.05, 0.1) is 17.4 Å². The molecule has 1 fully saturated rings. The molecule has 8 heteroatoms. The SMILES string of the molecule is CCCCN1CCCCC1CNC(=O)c1cnn(-c2ccc(C)cc2)c1C(F)(F)F. The van der Waals surface area contributed by atoms with E-state index in [1.54, 1.807) is 24.3 Å². The fourth-order valence-corrected chi connectivity index (χ4v) is 3.92. The first-order valence-corrected chi connectivity index (χ1v) is 10.6. The zero-order valence-electron chi connectivity index (χ0n) is 17.5. The number of nitrogens with one attached hydrogen (secondary N) is 1. The number of unbranched alkanes of at least 4 members (excludes halogenated alkanes) is 1. The topological polar surface area (TPSA) is 50.2 Å². The van der Waals surface area contributed by atoms with Gasteiger partial charge in [-0.2, -0.15) is 18.3 Å². The molecule has 0 saturated carbocycles. The van der Waals surface area contributed by atoms with Crippen molar-refractivity contribution in [2.45, 2.75) is 58.2 Å². The molecule has 1 aromatic carbocycles. The lowest BCUT2D eigenvalue weighted by Crippen LogP contribution is -2.47. The molecule has 0 aliphatic carbocycles. The quantitative estimate of drug-likeness (QED) is 0.710. The summed E-state index contributed by atoms with van der Waals surface area (Å²) in [6.45, 7) is 6.25. The van der Waals surface area contributed by atoms with Crippen molar-refractivity contribution in [1.29, 1.82) is 0 Å². The Bertz CT molecular complexity index is 845. The van der Waals surface area contributed by atoms with Crippen molar-refractivity contribution in [3.05, 3.63) is 47.3 Å². The molecule has 1 aliphatic heterocycles. The zero-order chi connectivity index (χ0) is 21.7. The van der Waals surface area contributed by atoms with Gasteiger partial charge in [-0.25, -0.2) is 4.68 Å². The van der Waals surface area contributed by atoms with E-state index in [-0.39, 0.29) is 11.7 Å². The Morgan fingerprint density at radius 2 is 1.97 bits per heavy atom. The number of likely N-dealkylation sites (tertiary alicyclic amines) is 1. The van der Waals surface area contributed by atoms with Crippen LogP contribution in [0.2, 0.25) is 0 Å². The summed E-state index contributed by atoms with van der Waals surface area (Å²) in [5, 5.41) is 6.61. The van der Waals surface area contributed by atoms with Gasteiger partial charge in [-0.15, -0.1) is 0 Å². The minimum Gasteiger partial charge on any atom is -0.350 e. The lowest BCUT2D eigenvalue weighted by atomic mass is 10.0. The predicted molar refractivity (Wildman–Crippen MR) is 110 cm³/mol. The largest absolute Gasteiger partial charge is 0.434 e. The van der Waals surface area contributed by atoms with E-state index in [1.165, 1.54) is 0 Å². The molecule has 3 rings (SSSR count). The van der Waals surface area contributed by atoms with Crippen LogP contribution in [0, 0.1) is 6.92 Å². The summed E-state index contributed by atoms with van der Waals surface area (Å²) in [7, 11) is 0. The molecule has 30 heavy (non-hydrogen) atoms. The number of rotatable bonds is 7. The fourth-order valence-electron chi connectivity index (χ4n) is 3.92. The second kappa shape index (κ2) is 9.64. The number of nitrogens with zero attached hydrogens (tertiary/aromatic N) is 3. The van der Waals surface area contributed by atoms with E-state index >= 15 is 0 Å². The second-order valence-electron chi connectivity index (χ2n) is 7.90. The molecule has 0 radical (unpaired) electrons. The summed E-state index contributed by atoms with van der Waals surface area (Å²) in [4.78, 5) is 15.0. The van der Waals surface area contributed by atoms with Crippen LogP contribution in [0.25, 0.3) is 5.69 Å². The standard InChI is InChI=1S/C22H29F3N4O/c1-3-4-12-28-13-6-5-7-18(28)14-26-21(30)19-15-27-29(20(19)22(23,24)25)17-10-8-16(2)9-11-17/h8-11,15,18H,3-7,12-14H2,1-2H3,(H,26,30). The maximum absolute atomic E-state index is 13.8. The summed E-state index contributed by atoms with van der Waals surface area (Å²) in [6, 6.07) is 6.71. The highest BCUT2D eigenvalue weighted by Gasteiger charge is 2.40. The Hall–Kier alpha value is -2.35. The number of alkyl halides is 3. The van der Waals surface area contributed by atoms with Crippen molar-refractivity contribution in [3.8, 4) is 5.69 Å². The van der Waals surface area contributed by atoms with Crippen LogP contribution in [0.3, 0.4) is 0 Å². The van der Waals surface area contributed by atoms with Crippen LogP contribution >= 0.6 is 0 Å². The van der Waals surface area contributed by atoms with Crippen molar-refractivity contribution in [1.82, 2.24) is 20.0 Å². The number of amides is 1. The molecule has 1 atom stereocenters. The van der Waals surface area contributed by atoms with Crippen molar-refractivity contribution in [3.63, 3.8) is 0 Å². The number of hydrogen-bond donors (Lipinski definition) is 1. The average molecular weight is 422 g/mol. The Morgan fingerprint density at radius 3 is 2.63 bits per heavy atom. The van der Waals surface area contributed by atoms with Crippen LogP contribution in [0.15, 0.2) is 30.5 Å². The van der Waals surface area contributed by atoms with Gasteiger partial charge in [0.2, 0.25) is 0 Å². The third-order valence-corrected chi connectivity index (χ3v) is 5.61. The van der Waals surface area contributed by atoms with Crippen LogP contribution < -0.4 is 5.32 Å². The van der Waals surface area contributed by atoms with Crippen LogP contribution in [-0.4, -0.2) is 46.3 Å². The molecule has 2 aromatic rings. The van der Waals surface area contributed by atoms with Gasteiger partial charge in [-0.1, -0.05) is 37.5 Å². The first-order valence-electron chi connectivity index (χ1n) is 10.6. The Kier molecular flexibility index (Phi) is 7.18. The van der Waals surface area contributed by atoms with Gasteiger partial charge in [0.15, 0.2) is 5.69 Å². The molecule has 2 heterocycles.